The number of halogens is 1. The van der Waals surface area contributed by atoms with E-state index in [1.165, 1.54) is 7.05 Å². The van der Waals surface area contributed by atoms with E-state index in [0.29, 0.717) is 13.0 Å². The Morgan fingerprint density at radius 3 is 2.48 bits per heavy atom. The van der Waals surface area contributed by atoms with E-state index in [1.54, 1.807) is 0 Å². The molecule has 1 aliphatic rings. The quantitative estimate of drug-likeness (QED) is 0.753. The van der Waals surface area contributed by atoms with Gasteiger partial charge in [0.25, 0.3) is 0 Å². The largest absolute Gasteiger partial charge is 0.380 e. The molecule has 1 heterocycles. The van der Waals surface area contributed by atoms with Gasteiger partial charge in [-0.3, -0.25) is 0 Å². The standard InChI is InChI=1S/C12H16FNO5S2/c1-14(9-5-6-19-8-9)21(17,18)12-7-10(20(2,15)16)3-4-11(12)13/h3-4,7,9H,5-6,8H2,1-2H3. The Hall–Kier alpha value is -1.03. The van der Waals surface area contributed by atoms with Crippen molar-refractivity contribution in [2.24, 2.45) is 0 Å². The van der Waals surface area contributed by atoms with Crippen LogP contribution in [0, 0.1) is 5.82 Å². The van der Waals surface area contributed by atoms with E-state index >= 15 is 0 Å². The molecule has 1 unspecified atom stereocenters. The lowest BCUT2D eigenvalue weighted by Crippen LogP contribution is -2.37. The monoisotopic (exact) mass is 337 g/mol. The van der Waals surface area contributed by atoms with Crippen molar-refractivity contribution in [3.63, 3.8) is 0 Å². The van der Waals surface area contributed by atoms with E-state index in [-0.39, 0.29) is 17.5 Å². The predicted molar refractivity (Wildman–Crippen MR) is 73.7 cm³/mol. The molecule has 6 nitrogen and oxygen atoms in total. The molecule has 0 radical (unpaired) electrons. The molecule has 21 heavy (non-hydrogen) atoms. The number of sulfonamides is 1. The topological polar surface area (TPSA) is 80.8 Å². The average Bonchev–Trinajstić information content (AvgIpc) is 2.90. The number of sulfone groups is 1. The fourth-order valence-electron chi connectivity index (χ4n) is 2.07. The number of hydrogen-bond acceptors (Lipinski definition) is 5. The Morgan fingerprint density at radius 2 is 1.95 bits per heavy atom. The van der Waals surface area contributed by atoms with E-state index in [9.17, 15) is 21.2 Å². The second-order valence-corrected chi connectivity index (χ2v) is 8.88. The van der Waals surface area contributed by atoms with Crippen LogP contribution in [0.3, 0.4) is 0 Å². The maximum absolute atomic E-state index is 13.9. The molecule has 1 aromatic rings. The summed E-state index contributed by atoms with van der Waals surface area (Å²) in [6, 6.07) is 2.37. The van der Waals surface area contributed by atoms with Crippen LogP contribution in [-0.2, 0) is 24.6 Å². The first-order valence-corrected chi connectivity index (χ1v) is 9.52. The molecule has 1 saturated heterocycles. The molecule has 1 aromatic carbocycles. The molecule has 2 rings (SSSR count). The molecule has 0 amide bonds. The summed E-state index contributed by atoms with van der Waals surface area (Å²) in [7, 11) is -6.41. The molecule has 0 bridgehead atoms. The van der Waals surface area contributed by atoms with Crippen molar-refractivity contribution in [3.8, 4) is 0 Å². The van der Waals surface area contributed by atoms with Crippen LogP contribution >= 0.6 is 0 Å². The summed E-state index contributed by atoms with van der Waals surface area (Å²) >= 11 is 0. The number of ether oxygens (including phenoxy) is 1. The summed E-state index contributed by atoms with van der Waals surface area (Å²) in [5.74, 6) is -0.979. The summed E-state index contributed by atoms with van der Waals surface area (Å²) < 4.78 is 67.9. The van der Waals surface area contributed by atoms with Gasteiger partial charge >= 0.3 is 0 Å². The smallest absolute Gasteiger partial charge is 0.246 e. The first-order chi connectivity index (χ1) is 9.64. The highest BCUT2D eigenvalue weighted by atomic mass is 32.2. The molecular weight excluding hydrogens is 321 g/mol. The highest BCUT2D eigenvalue weighted by Crippen LogP contribution is 2.25. The number of likely N-dealkylation sites (N-methyl/N-ethyl adjacent to an activating group) is 1. The van der Waals surface area contributed by atoms with Gasteiger partial charge in [0.15, 0.2) is 9.84 Å². The fraction of sp³-hybridized carbons (Fsp3) is 0.500. The lowest BCUT2D eigenvalue weighted by molar-refractivity contribution is 0.180. The van der Waals surface area contributed by atoms with E-state index in [2.05, 4.69) is 0 Å². The highest BCUT2D eigenvalue weighted by molar-refractivity contribution is 7.91. The van der Waals surface area contributed by atoms with Crippen LogP contribution in [0.2, 0.25) is 0 Å². The third-order valence-corrected chi connectivity index (χ3v) is 6.44. The van der Waals surface area contributed by atoms with Gasteiger partial charge < -0.3 is 4.74 Å². The zero-order valence-electron chi connectivity index (χ0n) is 11.6. The van der Waals surface area contributed by atoms with Gasteiger partial charge in [0, 0.05) is 19.9 Å². The number of hydrogen-bond donors (Lipinski definition) is 0. The average molecular weight is 337 g/mol. The Bertz CT molecular complexity index is 739. The summed E-state index contributed by atoms with van der Waals surface area (Å²) in [4.78, 5) is -0.877. The van der Waals surface area contributed by atoms with Crippen molar-refractivity contribution in [1.82, 2.24) is 4.31 Å². The van der Waals surface area contributed by atoms with Crippen LogP contribution < -0.4 is 0 Å². The third-order valence-electron chi connectivity index (χ3n) is 3.41. The van der Waals surface area contributed by atoms with Crippen molar-refractivity contribution in [2.75, 3.05) is 26.5 Å². The van der Waals surface area contributed by atoms with E-state index in [4.69, 9.17) is 4.74 Å². The zero-order valence-corrected chi connectivity index (χ0v) is 13.2. The van der Waals surface area contributed by atoms with Crippen molar-refractivity contribution in [3.05, 3.63) is 24.0 Å². The SMILES string of the molecule is CN(C1CCOC1)S(=O)(=O)c1cc(S(C)(=O)=O)ccc1F. The van der Waals surface area contributed by atoms with Gasteiger partial charge in [-0.25, -0.2) is 21.2 Å². The normalized spacial score (nSPS) is 20.1. The predicted octanol–water partition coefficient (Wildman–Crippen LogP) is 0.639. The van der Waals surface area contributed by atoms with Crippen LogP contribution in [0.5, 0.6) is 0 Å². The summed E-state index contributed by atoms with van der Waals surface area (Å²) in [5.41, 5.74) is 0. The second-order valence-electron chi connectivity index (χ2n) is 4.90. The zero-order chi connectivity index (χ0) is 15.8. The number of nitrogens with zero attached hydrogens (tertiary/aromatic N) is 1. The van der Waals surface area contributed by atoms with Gasteiger partial charge in [-0.15, -0.1) is 0 Å². The van der Waals surface area contributed by atoms with E-state index in [0.717, 1.165) is 28.8 Å². The van der Waals surface area contributed by atoms with Crippen molar-refractivity contribution < 1.29 is 26.0 Å². The van der Waals surface area contributed by atoms with Gasteiger partial charge in [0.05, 0.1) is 17.5 Å². The van der Waals surface area contributed by atoms with Crippen LogP contribution in [0.1, 0.15) is 6.42 Å². The third kappa shape index (κ3) is 3.25. The van der Waals surface area contributed by atoms with E-state index < -0.39 is 30.6 Å². The van der Waals surface area contributed by atoms with Gasteiger partial charge in [-0.2, -0.15) is 4.31 Å². The van der Waals surface area contributed by atoms with Crippen molar-refractivity contribution in [2.45, 2.75) is 22.3 Å². The van der Waals surface area contributed by atoms with Crippen molar-refractivity contribution in [1.29, 1.82) is 0 Å². The summed E-state index contributed by atoms with van der Waals surface area (Å²) in [5, 5.41) is 0. The van der Waals surface area contributed by atoms with Gasteiger partial charge in [-0.1, -0.05) is 0 Å². The lowest BCUT2D eigenvalue weighted by Gasteiger charge is -2.23. The molecule has 1 atom stereocenters. The molecule has 0 N–H and O–H groups in total. The first-order valence-electron chi connectivity index (χ1n) is 6.19. The van der Waals surface area contributed by atoms with Crippen LogP contribution in [-0.4, -0.2) is 53.7 Å². The molecule has 0 aromatic heterocycles. The van der Waals surface area contributed by atoms with Gasteiger partial charge in [0.2, 0.25) is 10.0 Å². The Balaban J connectivity index is 2.48. The molecule has 9 heteroatoms. The van der Waals surface area contributed by atoms with E-state index in [1.807, 2.05) is 0 Å². The fourth-order valence-corrected chi connectivity index (χ4v) is 4.25. The first kappa shape index (κ1) is 16.3. The maximum Gasteiger partial charge on any atom is 0.246 e. The van der Waals surface area contributed by atoms with Gasteiger partial charge in [0.1, 0.15) is 10.7 Å². The summed E-state index contributed by atoms with van der Waals surface area (Å²) in [6.07, 6.45) is 1.45. The molecule has 0 saturated carbocycles. The minimum absolute atomic E-state index is 0.237. The maximum atomic E-state index is 13.9. The Morgan fingerprint density at radius 1 is 1.29 bits per heavy atom. The highest BCUT2D eigenvalue weighted by Gasteiger charge is 2.33. The van der Waals surface area contributed by atoms with Crippen LogP contribution in [0.15, 0.2) is 28.0 Å². The number of benzene rings is 1. The van der Waals surface area contributed by atoms with Crippen LogP contribution in [0.4, 0.5) is 4.39 Å². The molecular formula is C12H16FNO5S2. The Labute approximate surface area is 123 Å². The molecule has 1 fully saturated rings. The van der Waals surface area contributed by atoms with Crippen LogP contribution in [0.25, 0.3) is 0 Å². The lowest BCUT2D eigenvalue weighted by atomic mass is 10.3. The van der Waals surface area contributed by atoms with Gasteiger partial charge in [-0.05, 0) is 24.6 Å². The Kier molecular flexibility index (Phi) is 4.39. The summed E-state index contributed by atoms with van der Waals surface area (Å²) in [6.45, 7) is 0.680. The minimum Gasteiger partial charge on any atom is -0.380 e. The molecule has 1 aliphatic heterocycles. The molecule has 0 spiro atoms. The molecule has 0 aliphatic carbocycles. The molecule has 118 valence electrons. The minimum atomic E-state index is -4.12. The number of rotatable bonds is 4. The second kappa shape index (κ2) is 5.64. The van der Waals surface area contributed by atoms with Crippen molar-refractivity contribution >= 4 is 19.9 Å².